The highest BCUT2D eigenvalue weighted by molar-refractivity contribution is 8.00. The van der Waals surface area contributed by atoms with E-state index in [1.165, 1.54) is 5.56 Å². The van der Waals surface area contributed by atoms with E-state index in [2.05, 4.69) is 31.0 Å². The van der Waals surface area contributed by atoms with Crippen molar-refractivity contribution in [2.75, 3.05) is 0 Å². The minimum atomic E-state index is -0.886. The third kappa shape index (κ3) is 4.47. The fourth-order valence-corrected chi connectivity index (χ4v) is 3.35. The first-order valence-corrected chi connectivity index (χ1v) is 9.63. The Labute approximate surface area is 166 Å². The molecule has 0 N–H and O–H groups in total. The molecule has 0 saturated carbocycles. The molecule has 28 heavy (non-hydrogen) atoms. The molecule has 0 aliphatic rings. The average Bonchev–Trinajstić information content (AvgIpc) is 3.09. The molecule has 0 radical (unpaired) electrons. The van der Waals surface area contributed by atoms with E-state index in [9.17, 15) is 13.6 Å². The lowest BCUT2D eigenvalue weighted by Gasteiger charge is -2.18. The van der Waals surface area contributed by atoms with Gasteiger partial charge in [-0.15, -0.1) is 10.2 Å². The maximum atomic E-state index is 13.8. The summed E-state index contributed by atoms with van der Waals surface area (Å²) in [4.78, 5) is 12.4. The quantitative estimate of drug-likeness (QED) is 0.406. The normalized spacial score (nSPS) is 12.8. The predicted molar refractivity (Wildman–Crippen MR) is 104 cm³/mol. The number of Topliss-reactive ketones (excluding diaryl/α,β-unsaturated/α-hetero) is 1. The number of ketones is 1. The third-order valence-corrected chi connectivity index (χ3v) is 5.18. The van der Waals surface area contributed by atoms with Crippen LogP contribution in [-0.4, -0.2) is 21.2 Å². The Morgan fingerprint density at radius 2 is 1.75 bits per heavy atom. The standard InChI is InChI=1S/C21H20F2N2O2S/c1-12(18(26)16-10-9-15(22)11-17(16)23)28-20-25-24-19(27-20)13-5-7-14(8-6-13)21(2,3)4/h5-12H,1-4H3. The van der Waals surface area contributed by atoms with Gasteiger partial charge in [0.15, 0.2) is 5.78 Å². The maximum Gasteiger partial charge on any atom is 0.277 e. The molecule has 0 fully saturated rings. The fraction of sp³-hybridized carbons (Fsp3) is 0.286. The number of benzene rings is 2. The van der Waals surface area contributed by atoms with Gasteiger partial charge in [-0.25, -0.2) is 8.78 Å². The van der Waals surface area contributed by atoms with Gasteiger partial charge in [-0.1, -0.05) is 44.7 Å². The number of carbonyl (C=O) groups excluding carboxylic acids is 1. The number of nitrogens with zero attached hydrogens (tertiary/aromatic N) is 2. The maximum absolute atomic E-state index is 13.8. The molecule has 3 rings (SSSR count). The van der Waals surface area contributed by atoms with Crippen LogP contribution in [0.25, 0.3) is 11.5 Å². The molecule has 1 atom stereocenters. The first-order valence-electron chi connectivity index (χ1n) is 8.75. The molecule has 4 nitrogen and oxygen atoms in total. The molecule has 0 spiro atoms. The van der Waals surface area contributed by atoms with Crippen molar-refractivity contribution < 1.29 is 18.0 Å². The van der Waals surface area contributed by atoms with Crippen LogP contribution in [0.15, 0.2) is 52.1 Å². The average molecular weight is 402 g/mol. The van der Waals surface area contributed by atoms with Crippen molar-refractivity contribution in [3.63, 3.8) is 0 Å². The van der Waals surface area contributed by atoms with Gasteiger partial charge in [0.25, 0.3) is 5.22 Å². The Morgan fingerprint density at radius 1 is 1.07 bits per heavy atom. The summed E-state index contributed by atoms with van der Waals surface area (Å²) in [6.45, 7) is 8.00. The molecule has 0 saturated heterocycles. The van der Waals surface area contributed by atoms with Crippen LogP contribution >= 0.6 is 11.8 Å². The lowest BCUT2D eigenvalue weighted by molar-refractivity contribution is 0.0989. The molecule has 1 unspecified atom stereocenters. The number of rotatable bonds is 5. The minimum absolute atomic E-state index is 0.0415. The highest BCUT2D eigenvalue weighted by Crippen LogP contribution is 2.30. The van der Waals surface area contributed by atoms with Crippen LogP contribution in [0.1, 0.15) is 43.6 Å². The molecule has 7 heteroatoms. The highest BCUT2D eigenvalue weighted by Gasteiger charge is 2.23. The number of aromatic nitrogens is 2. The Balaban J connectivity index is 1.72. The lowest BCUT2D eigenvalue weighted by Crippen LogP contribution is -2.15. The van der Waals surface area contributed by atoms with E-state index in [1.54, 1.807) is 6.92 Å². The van der Waals surface area contributed by atoms with Crippen LogP contribution in [-0.2, 0) is 5.41 Å². The molecule has 1 aromatic heterocycles. The molecule has 2 aromatic carbocycles. The summed E-state index contributed by atoms with van der Waals surface area (Å²) in [5.74, 6) is -1.75. The van der Waals surface area contributed by atoms with Gasteiger partial charge < -0.3 is 4.42 Å². The Kier molecular flexibility index (Phi) is 5.65. The zero-order valence-electron chi connectivity index (χ0n) is 16.0. The van der Waals surface area contributed by atoms with Gasteiger partial charge >= 0.3 is 0 Å². The van der Waals surface area contributed by atoms with Gasteiger partial charge in [0.2, 0.25) is 5.89 Å². The molecular weight excluding hydrogens is 382 g/mol. The summed E-state index contributed by atoms with van der Waals surface area (Å²) in [6, 6.07) is 10.7. The molecule has 0 aliphatic heterocycles. The van der Waals surface area contributed by atoms with E-state index in [1.807, 2.05) is 24.3 Å². The lowest BCUT2D eigenvalue weighted by atomic mass is 9.87. The Hall–Kier alpha value is -2.54. The Bertz CT molecular complexity index is 994. The second-order valence-corrected chi connectivity index (χ2v) is 8.74. The van der Waals surface area contributed by atoms with Gasteiger partial charge in [0.05, 0.1) is 10.8 Å². The van der Waals surface area contributed by atoms with Gasteiger partial charge in [0.1, 0.15) is 11.6 Å². The Morgan fingerprint density at radius 3 is 2.36 bits per heavy atom. The first kappa shape index (κ1) is 20.2. The number of hydrogen-bond acceptors (Lipinski definition) is 5. The summed E-state index contributed by atoms with van der Waals surface area (Å²) in [5, 5.41) is 7.51. The number of thioether (sulfide) groups is 1. The van der Waals surface area contributed by atoms with E-state index < -0.39 is 22.7 Å². The second-order valence-electron chi connectivity index (χ2n) is 7.45. The number of carbonyl (C=O) groups is 1. The van der Waals surface area contributed by atoms with Crippen molar-refractivity contribution in [1.82, 2.24) is 10.2 Å². The SMILES string of the molecule is CC(Sc1nnc(-c2ccc(C(C)(C)C)cc2)o1)C(=O)c1ccc(F)cc1F. The van der Waals surface area contributed by atoms with Crippen LogP contribution in [0.2, 0.25) is 0 Å². The van der Waals surface area contributed by atoms with Crippen molar-refractivity contribution in [2.45, 2.75) is 43.6 Å². The highest BCUT2D eigenvalue weighted by atomic mass is 32.2. The van der Waals surface area contributed by atoms with Gasteiger partial charge in [-0.3, -0.25) is 4.79 Å². The molecule has 146 valence electrons. The van der Waals surface area contributed by atoms with Crippen molar-refractivity contribution >= 4 is 17.5 Å². The molecule has 1 heterocycles. The number of halogens is 2. The van der Waals surface area contributed by atoms with Crippen LogP contribution in [0.3, 0.4) is 0 Å². The van der Waals surface area contributed by atoms with Crippen LogP contribution in [0.5, 0.6) is 0 Å². The smallest absolute Gasteiger partial charge is 0.277 e. The summed E-state index contributed by atoms with van der Waals surface area (Å²) in [6.07, 6.45) is 0. The zero-order valence-corrected chi connectivity index (χ0v) is 16.8. The van der Waals surface area contributed by atoms with E-state index in [0.717, 1.165) is 29.5 Å². The monoisotopic (exact) mass is 402 g/mol. The zero-order chi connectivity index (χ0) is 20.5. The molecular formula is C21H20F2N2O2S. The summed E-state index contributed by atoms with van der Waals surface area (Å²) >= 11 is 1.03. The van der Waals surface area contributed by atoms with Crippen molar-refractivity contribution in [1.29, 1.82) is 0 Å². The first-order chi connectivity index (χ1) is 13.1. The predicted octanol–water partition coefficient (Wildman–Crippen LogP) is 5.68. The third-order valence-electron chi connectivity index (χ3n) is 4.25. The molecule has 0 amide bonds. The fourth-order valence-electron chi connectivity index (χ4n) is 2.60. The minimum Gasteiger partial charge on any atom is -0.411 e. The summed E-state index contributed by atoms with van der Waals surface area (Å²) in [5.41, 5.74) is 1.83. The van der Waals surface area contributed by atoms with Gasteiger partial charge in [-0.2, -0.15) is 0 Å². The molecule has 3 aromatic rings. The largest absolute Gasteiger partial charge is 0.411 e. The topological polar surface area (TPSA) is 56.0 Å². The van der Waals surface area contributed by atoms with Crippen LogP contribution < -0.4 is 0 Å². The van der Waals surface area contributed by atoms with E-state index >= 15 is 0 Å². The van der Waals surface area contributed by atoms with Crippen LogP contribution in [0, 0.1) is 11.6 Å². The van der Waals surface area contributed by atoms with Crippen LogP contribution in [0.4, 0.5) is 8.78 Å². The molecule has 0 aliphatic carbocycles. The van der Waals surface area contributed by atoms with Crippen molar-refractivity contribution in [3.8, 4) is 11.5 Å². The van der Waals surface area contributed by atoms with Crippen molar-refractivity contribution in [2.24, 2.45) is 0 Å². The second kappa shape index (κ2) is 7.83. The van der Waals surface area contributed by atoms with Crippen molar-refractivity contribution in [3.05, 3.63) is 65.2 Å². The van der Waals surface area contributed by atoms with E-state index in [4.69, 9.17) is 4.42 Å². The van der Waals surface area contributed by atoms with Gasteiger partial charge in [-0.05, 0) is 42.2 Å². The summed E-state index contributed by atoms with van der Waals surface area (Å²) < 4.78 is 32.5. The van der Waals surface area contributed by atoms with E-state index in [0.29, 0.717) is 12.0 Å². The molecule has 0 bridgehead atoms. The summed E-state index contributed by atoms with van der Waals surface area (Å²) in [7, 11) is 0. The number of hydrogen-bond donors (Lipinski definition) is 0. The van der Waals surface area contributed by atoms with Gasteiger partial charge in [0, 0.05) is 11.6 Å². The van der Waals surface area contributed by atoms with E-state index in [-0.39, 0.29) is 16.2 Å².